The second-order valence-electron chi connectivity index (χ2n) is 4.80. The van der Waals surface area contributed by atoms with Gasteiger partial charge in [-0.3, -0.25) is 4.98 Å². The van der Waals surface area contributed by atoms with Gasteiger partial charge in [-0.15, -0.1) is 0 Å². The summed E-state index contributed by atoms with van der Waals surface area (Å²) in [6, 6.07) is 18.6. The summed E-state index contributed by atoms with van der Waals surface area (Å²) in [6.45, 7) is 4.16. The van der Waals surface area contributed by atoms with Gasteiger partial charge < -0.3 is 5.32 Å². The lowest BCUT2D eigenvalue weighted by Crippen LogP contribution is -1.92. The van der Waals surface area contributed by atoms with Gasteiger partial charge in [-0.25, -0.2) is 0 Å². The van der Waals surface area contributed by atoms with E-state index in [0.29, 0.717) is 0 Å². The number of aryl methyl sites for hydroxylation is 2. The first-order chi connectivity index (χ1) is 9.22. The first kappa shape index (κ1) is 11.7. The van der Waals surface area contributed by atoms with Crippen LogP contribution in [0.15, 0.2) is 54.6 Å². The number of rotatable bonds is 2. The van der Waals surface area contributed by atoms with Gasteiger partial charge in [0.2, 0.25) is 0 Å². The van der Waals surface area contributed by atoms with Crippen LogP contribution in [-0.4, -0.2) is 4.98 Å². The van der Waals surface area contributed by atoms with Crippen LogP contribution in [0.5, 0.6) is 0 Å². The number of anilines is 2. The number of pyridine rings is 1. The Morgan fingerprint density at radius 1 is 0.842 bits per heavy atom. The van der Waals surface area contributed by atoms with E-state index in [4.69, 9.17) is 0 Å². The molecule has 0 aliphatic carbocycles. The van der Waals surface area contributed by atoms with Crippen LogP contribution in [0.3, 0.4) is 0 Å². The fraction of sp³-hybridized carbons (Fsp3) is 0.118. The molecule has 0 fully saturated rings. The van der Waals surface area contributed by atoms with Crippen LogP contribution >= 0.6 is 0 Å². The molecule has 2 aromatic carbocycles. The van der Waals surface area contributed by atoms with E-state index in [0.717, 1.165) is 22.6 Å². The molecule has 0 aliphatic heterocycles. The summed E-state index contributed by atoms with van der Waals surface area (Å²) in [6.07, 6.45) is 0. The summed E-state index contributed by atoms with van der Waals surface area (Å²) >= 11 is 0. The Bertz CT molecular complexity index is 718. The molecule has 0 spiro atoms. The lowest BCUT2D eigenvalue weighted by atomic mass is 10.1. The Kier molecular flexibility index (Phi) is 2.92. The van der Waals surface area contributed by atoms with Crippen molar-refractivity contribution in [1.82, 2.24) is 4.98 Å². The Balaban J connectivity index is 2.02. The van der Waals surface area contributed by atoms with E-state index < -0.39 is 0 Å². The molecule has 3 aromatic rings. The van der Waals surface area contributed by atoms with Crippen LogP contribution in [0.25, 0.3) is 10.9 Å². The maximum atomic E-state index is 4.60. The number of hydrogen-bond donors (Lipinski definition) is 1. The third-order valence-corrected chi connectivity index (χ3v) is 3.21. The van der Waals surface area contributed by atoms with E-state index in [1.165, 1.54) is 10.9 Å². The minimum absolute atomic E-state index is 1.04. The largest absolute Gasteiger partial charge is 0.355 e. The van der Waals surface area contributed by atoms with Gasteiger partial charge in [-0.05, 0) is 49.7 Å². The summed E-state index contributed by atoms with van der Waals surface area (Å²) in [4.78, 5) is 4.60. The Morgan fingerprint density at radius 2 is 1.63 bits per heavy atom. The number of nitrogens with zero attached hydrogens (tertiary/aromatic N) is 1. The summed E-state index contributed by atoms with van der Waals surface area (Å²) < 4.78 is 0. The third kappa shape index (κ3) is 2.43. The number of hydrogen-bond acceptors (Lipinski definition) is 2. The average molecular weight is 248 g/mol. The van der Waals surface area contributed by atoms with E-state index in [1.54, 1.807) is 0 Å². The number of benzene rings is 2. The van der Waals surface area contributed by atoms with Crippen LogP contribution in [0.1, 0.15) is 11.3 Å². The van der Waals surface area contributed by atoms with Gasteiger partial charge in [-0.2, -0.15) is 0 Å². The standard InChI is InChI=1S/C17H16N2/c1-12-10-13(2)18-17-11-15(8-9-16(12)17)19-14-6-4-3-5-7-14/h3-11,19H,1-2H3. The molecule has 0 aliphatic rings. The van der Waals surface area contributed by atoms with Gasteiger partial charge in [0, 0.05) is 22.5 Å². The molecule has 0 atom stereocenters. The van der Waals surface area contributed by atoms with E-state index in [2.05, 4.69) is 53.6 Å². The number of nitrogens with one attached hydrogen (secondary N) is 1. The molecule has 3 rings (SSSR count). The highest BCUT2D eigenvalue weighted by molar-refractivity contribution is 5.86. The van der Waals surface area contributed by atoms with Crippen molar-refractivity contribution in [2.75, 3.05) is 5.32 Å². The minimum Gasteiger partial charge on any atom is -0.355 e. The van der Waals surface area contributed by atoms with Gasteiger partial charge in [0.05, 0.1) is 5.52 Å². The maximum absolute atomic E-state index is 4.60. The molecule has 0 amide bonds. The molecule has 0 saturated carbocycles. The zero-order chi connectivity index (χ0) is 13.2. The molecule has 1 aromatic heterocycles. The van der Waals surface area contributed by atoms with E-state index in [1.807, 2.05) is 25.1 Å². The normalized spacial score (nSPS) is 10.6. The quantitative estimate of drug-likeness (QED) is 0.717. The molecule has 94 valence electrons. The molecule has 0 radical (unpaired) electrons. The number of aromatic nitrogens is 1. The molecular weight excluding hydrogens is 232 g/mol. The highest BCUT2D eigenvalue weighted by Gasteiger charge is 2.02. The van der Waals surface area contributed by atoms with Gasteiger partial charge in [0.25, 0.3) is 0 Å². The van der Waals surface area contributed by atoms with Crippen LogP contribution in [-0.2, 0) is 0 Å². The molecule has 2 nitrogen and oxygen atoms in total. The smallest absolute Gasteiger partial charge is 0.0728 e. The Morgan fingerprint density at radius 3 is 2.42 bits per heavy atom. The second-order valence-corrected chi connectivity index (χ2v) is 4.80. The predicted molar refractivity (Wildman–Crippen MR) is 80.9 cm³/mol. The molecule has 0 unspecified atom stereocenters. The minimum atomic E-state index is 1.04. The lowest BCUT2D eigenvalue weighted by molar-refractivity contribution is 1.23. The molecule has 1 heterocycles. The molecule has 0 saturated heterocycles. The molecule has 1 N–H and O–H groups in total. The molecule has 19 heavy (non-hydrogen) atoms. The van der Waals surface area contributed by atoms with Crippen molar-refractivity contribution in [3.05, 3.63) is 65.9 Å². The van der Waals surface area contributed by atoms with E-state index in [-0.39, 0.29) is 0 Å². The molecule has 0 bridgehead atoms. The highest BCUT2D eigenvalue weighted by atomic mass is 14.9. The first-order valence-electron chi connectivity index (χ1n) is 6.42. The van der Waals surface area contributed by atoms with Crippen LogP contribution in [0, 0.1) is 13.8 Å². The number of para-hydroxylation sites is 1. The van der Waals surface area contributed by atoms with Crippen molar-refractivity contribution >= 4 is 22.3 Å². The summed E-state index contributed by atoms with van der Waals surface area (Å²) in [5, 5.41) is 4.61. The van der Waals surface area contributed by atoms with Crippen molar-refractivity contribution in [2.45, 2.75) is 13.8 Å². The SMILES string of the molecule is Cc1cc(C)c2ccc(Nc3ccccc3)cc2n1. The lowest BCUT2D eigenvalue weighted by Gasteiger charge is -2.09. The maximum Gasteiger partial charge on any atom is 0.0728 e. The molecule has 2 heteroatoms. The van der Waals surface area contributed by atoms with Crippen LogP contribution in [0.4, 0.5) is 11.4 Å². The van der Waals surface area contributed by atoms with Crippen molar-refractivity contribution in [1.29, 1.82) is 0 Å². The third-order valence-electron chi connectivity index (χ3n) is 3.21. The number of fused-ring (bicyclic) bond motifs is 1. The van der Waals surface area contributed by atoms with Gasteiger partial charge in [0.15, 0.2) is 0 Å². The summed E-state index contributed by atoms with van der Waals surface area (Å²) in [7, 11) is 0. The van der Waals surface area contributed by atoms with Gasteiger partial charge in [0.1, 0.15) is 0 Å². The van der Waals surface area contributed by atoms with Gasteiger partial charge >= 0.3 is 0 Å². The topological polar surface area (TPSA) is 24.9 Å². The van der Waals surface area contributed by atoms with Crippen molar-refractivity contribution in [3.8, 4) is 0 Å². The molecular formula is C17H16N2. The predicted octanol–water partition coefficient (Wildman–Crippen LogP) is 4.60. The van der Waals surface area contributed by atoms with E-state index in [9.17, 15) is 0 Å². The Labute approximate surface area is 113 Å². The van der Waals surface area contributed by atoms with Crippen molar-refractivity contribution < 1.29 is 0 Å². The summed E-state index contributed by atoms with van der Waals surface area (Å²) in [5.74, 6) is 0. The van der Waals surface area contributed by atoms with Crippen molar-refractivity contribution in [2.24, 2.45) is 0 Å². The zero-order valence-corrected chi connectivity index (χ0v) is 11.1. The highest BCUT2D eigenvalue weighted by Crippen LogP contribution is 2.23. The fourth-order valence-electron chi connectivity index (χ4n) is 2.34. The van der Waals surface area contributed by atoms with Crippen LogP contribution in [0.2, 0.25) is 0 Å². The fourth-order valence-corrected chi connectivity index (χ4v) is 2.34. The average Bonchev–Trinajstić information content (AvgIpc) is 2.39. The summed E-state index contributed by atoms with van der Waals surface area (Å²) in [5.41, 5.74) is 5.52. The Hall–Kier alpha value is -2.35. The van der Waals surface area contributed by atoms with Crippen LogP contribution < -0.4 is 5.32 Å². The first-order valence-corrected chi connectivity index (χ1v) is 6.42. The van der Waals surface area contributed by atoms with Crippen molar-refractivity contribution in [3.63, 3.8) is 0 Å². The zero-order valence-electron chi connectivity index (χ0n) is 11.1. The second kappa shape index (κ2) is 4.73. The monoisotopic (exact) mass is 248 g/mol. The van der Waals surface area contributed by atoms with Gasteiger partial charge in [-0.1, -0.05) is 24.3 Å². The van der Waals surface area contributed by atoms with E-state index >= 15 is 0 Å².